The maximum Gasteiger partial charge on any atom is 0.230 e. The maximum absolute atomic E-state index is 13.0. The third-order valence-corrected chi connectivity index (χ3v) is 5.95. The highest BCUT2D eigenvalue weighted by Crippen LogP contribution is 2.48. The van der Waals surface area contributed by atoms with Gasteiger partial charge in [-0.25, -0.2) is 0 Å². The second-order valence-electron chi connectivity index (χ2n) is 8.30. The zero-order valence-corrected chi connectivity index (χ0v) is 16.4. The van der Waals surface area contributed by atoms with Crippen LogP contribution in [0, 0.1) is 6.92 Å². The first-order chi connectivity index (χ1) is 13.0. The van der Waals surface area contributed by atoms with Crippen LogP contribution in [0.1, 0.15) is 55.8 Å². The van der Waals surface area contributed by atoms with Crippen LogP contribution in [0.25, 0.3) is 0 Å². The number of rotatable bonds is 5. The molecule has 1 amide bonds. The van der Waals surface area contributed by atoms with Gasteiger partial charge in [0.05, 0.1) is 11.1 Å². The number of anilines is 1. The van der Waals surface area contributed by atoms with Crippen molar-refractivity contribution in [2.45, 2.75) is 57.4 Å². The molecule has 1 atom stereocenters. The summed E-state index contributed by atoms with van der Waals surface area (Å²) >= 11 is 0. The molecule has 2 heterocycles. The molecule has 0 spiro atoms. The number of carbonyl (C=O) groups excluding carboxylic acids is 1. The summed E-state index contributed by atoms with van der Waals surface area (Å²) in [5.41, 5.74) is 3.08. The molecule has 2 fully saturated rings. The van der Waals surface area contributed by atoms with Crippen LogP contribution < -0.4 is 10.2 Å². The number of aromatic nitrogens is 2. The fourth-order valence-electron chi connectivity index (χ4n) is 3.93. The van der Waals surface area contributed by atoms with E-state index in [-0.39, 0.29) is 17.4 Å². The van der Waals surface area contributed by atoms with Crippen LogP contribution in [0.5, 0.6) is 0 Å². The fourth-order valence-corrected chi connectivity index (χ4v) is 3.93. The SMILES string of the molecule is Cc1ccc(N2CC[C@@H](NC(=O)C3(c4ccc(C(C)C)cc4)CC3)C2)nn1. The Labute approximate surface area is 161 Å². The van der Waals surface area contributed by atoms with Crippen molar-refractivity contribution in [2.24, 2.45) is 0 Å². The molecular formula is C22H28N4O. The van der Waals surface area contributed by atoms with Crippen molar-refractivity contribution in [1.29, 1.82) is 0 Å². The van der Waals surface area contributed by atoms with Gasteiger partial charge in [0.25, 0.3) is 0 Å². The zero-order valence-electron chi connectivity index (χ0n) is 16.4. The van der Waals surface area contributed by atoms with E-state index >= 15 is 0 Å². The normalized spacial score (nSPS) is 20.7. The third kappa shape index (κ3) is 3.55. The quantitative estimate of drug-likeness (QED) is 0.884. The molecule has 0 radical (unpaired) electrons. The molecule has 1 saturated carbocycles. The lowest BCUT2D eigenvalue weighted by Gasteiger charge is -2.21. The Morgan fingerprint density at radius 2 is 1.89 bits per heavy atom. The van der Waals surface area contributed by atoms with E-state index in [0.717, 1.165) is 49.4 Å². The minimum absolute atomic E-state index is 0.174. The van der Waals surface area contributed by atoms with Gasteiger partial charge in [-0.3, -0.25) is 4.79 Å². The smallest absolute Gasteiger partial charge is 0.230 e. The Morgan fingerprint density at radius 1 is 1.15 bits per heavy atom. The van der Waals surface area contributed by atoms with Crippen LogP contribution in [0.4, 0.5) is 5.82 Å². The van der Waals surface area contributed by atoms with Crippen molar-refractivity contribution >= 4 is 11.7 Å². The van der Waals surface area contributed by atoms with Gasteiger partial charge >= 0.3 is 0 Å². The molecule has 0 unspecified atom stereocenters. The Bertz CT molecular complexity index is 809. The Balaban J connectivity index is 1.40. The van der Waals surface area contributed by atoms with Gasteiger partial charge in [0.1, 0.15) is 0 Å². The van der Waals surface area contributed by atoms with Gasteiger partial charge in [-0.15, -0.1) is 5.10 Å². The fraction of sp³-hybridized carbons (Fsp3) is 0.500. The molecule has 27 heavy (non-hydrogen) atoms. The summed E-state index contributed by atoms with van der Waals surface area (Å²) in [7, 11) is 0. The highest BCUT2D eigenvalue weighted by atomic mass is 16.2. The molecule has 1 N–H and O–H groups in total. The summed E-state index contributed by atoms with van der Waals surface area (Å²) in [5, 5.41) is 11.7. The van der Waals surface area contributed by atoms with Gasteiger partial charge < -0.3 is 10.2 Å². The minimum Gasteiger partial charge on any atom is -0.353 e. The standard InChI is InChI=1S/C22H28N4O/c1-15(2)17-5-7-18(8-6-17)22(11-12-22)21(27)23-19-10-13-26(14-19)20-9-4-16(3)24-25-20/h4-9,15,19H,10-14H2,1-3H3,(H,23,27)/t19-/m1/s1. The summed E-state index contributed by atoms with van der Waals surface area (Å²) in [6.45, 7) is 8.02. The zero-order chi connectivity index (χ0) is 19.0. The van der Waals surface area contributed by atoms with Gasteiger partial charge in [-0.05, 0) is 55.4 Å². The number of amides is 1. The van der Waals surface area contributed by atoms with E-state index in [9.17, 15) is 4.79 Å². The van der Waals surface area contributed by atoms with E-state index in [1.807, 2.05) is 19.1 Å². The molecule has 4 rings (SSSR count). The molecule has 1 aromatic carbocycles. The van der Waals surface area contributed by atoms with Crippen LogP contribution in [0.15, 0.2) is 36.4 Å². The first-order valence-electron chi connectivity index (χ1n) is 9.95. The van der Waals surface area contributed by atoms with Gasteiger partial charge in [0, 0.05) is 19.1 Å². The Morgan fingerprint density at radius 3 is 2.48 bits per heavy atom. The van der Waals surface area contributed by atoms with Crippen molar-refractivity contribution in [3.8, 4) is 0 Å². The second-order valence-corrected chi connectivity index (χ2v) is 8.30. The molecule has 2 aromatic rings. The molecular weight excluding hydrogens is 336 g/mol. The molecule has 0 bridgehead atoms. The summed E-state index contributed by atoms with van der Waals surface area (Å²) in [6.07, 6.45) is 2.84. The first kappa shape index (κ1) is 18.0. The molecule has 5 nitrogen and oxygen atoms in total. The molecule has 1 aromatic heterocycles. The van der Waals surface area contributed by atoms with E-state index in [2.05, 4.69) is 58.5 Å². The molecule has 2 aliphatic rings. The lowest BCUT2D eigenvalue weighted by molar-refractivity contribution is -0.124. The van der Waals surface area contributed by atoms with Crippen LogP contribution in [0.2, 0.25) is 0 Å². The van der Waals surface area contributed by atoms with Gasteiger partial charge in [-0.2, -0.15) is 5.10 Å². The van der Waals surface area contributed by atoms with Crippen LogP contribution in [-0.2, 0) is 10.2 Å². The molecule has 1 saturated heterocycles. The van der Waals surface area contributed by atoms with Crippen molar-refractivity contribution in [2.75, 3.05) is 18.0 Å². The summed E-state index contributed by atoms with van der Waals surface area (Å²) in [5.74, 6) is 1.58. The van der Waals surface area contributed by atoms with Crippen molar-refractivity contribution in [1.82, 2.24) is 15.5 Å². The van der Waals surface area contributed by atoms with Crippen LogP contribution in [-0.4, -0.2) is 35.2 Å². The molecule has 142 valence electrons. The first-order valence-corrected chi connectivity index (χ1v) is 9.95. The highest BCUT2D eigenvalue weighted by molar-refractivity contribution is 5.91. The number of nitrogens with one attached hydrogen (secondary N) is 1. The summed E-state index contributed by atoms with van der Waals surface area (Å²) in [6, 6.07) is 12.8. The van der Waals surface area contributed by atoms with Gasteiger partial charge in [0.2, 0.25) is 5.91 Å². The number of carbonyl (C=O) groups is 1. The molecule has 5 heteroatoms. The number of aryl methyl sites for hydroxylation is 1. The van der Waals surface area contributed by atoms with E-state index in [4.69, 9.17) is 0 Å². The summed E-state index contributed by atoms with van der Waals surface area (Å²) in [4.78, 5) is 15.2. The van der Waals surface area contributed by atoms with E-state index in [1.54, 1.807) is 0 Å². The van der Waals surface area contributed by atoms with Gasteiger partial charge in [-0.1, -0.05) is 38.1 Å². The molecule has 1 aliphatic carbocycles. The largest absolute Gasteiger partial charge is 0.353 e. The number of hydrogen-bond acceptors (Lipinski definition) is 4. The average molecular weight is 364 g/mol. The monoisotopic (exact) mass is 364 g/mol. The van der Waals surface area contributed by atoms with Crippen LogP contribution in [0.3, 0.4) is 0 Å². The predicted molar refractivity (Wildman–Crippen MR) is 107 cm³/mol. The Hall–Kier alpha value is -2.43. The van der Waals surface area contributed by atoms with E-state index in [1.165, 1.54) is 5.56 Å². The number of hydrogen-bond donors (Lipinski definition) is 1. The Kier molecular flexibility index (Phi) is 4.62. The van der Waals surface area contributed by atoms with E-state index < -0.39 is 0 Å². The second kappa shape index (κ2) is 6.95. The summed E-state index contributed by atoms with van der Waals surface area (Å²) < 4.78 is 0. The van der Waals surface area contributed by atoms with Crippen molar-refractivity contribution in [3.05, 3.63) is 53.2 Å². The predicted octanol–water partition coefficient (Wildman–Crippen LogP) is 3.34. The average Bonchev–Trinajstić information content (AvgIpc) is 3.36. The van der Waals surface area contributed by atoms with E-state index in [0.29, 0.717) is 5.92 Å². The molecule has 1 aliphatic heterocycles. The van der Waals surface area contributed by atoms with Crippen molar-refractivity contribution in [3.63, 3.8) is 0 Å². The number of benzene rings is 1. The van der Waals surface area contributed by atoms with Crippen molar-refractivity contribution < 1.29 is 4.79 Å². The number of nitrogens with zero attached hydrogens (tertiary/aromatic N) is 3. The third-order valence-electron chi connectivity index (χ3n) is 5.95. The lowest BCUT2D eigenvalue weighted by atomic mass is 9.92. The van der Waals surface area contributed by atoms with Gasteiger partial charge in [0.15, 0.2) is 5.82 Å². The lowest BCUT2D eigenvalue weighted by Crippen LogP contribution is -2.43. The topological polar surface area (TPSA) is 58.1 Å². The van der Waals surface area contributed by atoms with Crippen LogP contribution >= 0.6 is 0 Å². The maximum atomic E-state index is 13.0. The minimum atomic E-state index is -0.313. The highest BCUT2D eigenvalue weighted by Gasteiger charge is 2.51.